The lowest BCUT2D eigenvalue weighted by Crippen LogP contribution is -2.48. The lowest BCUT2D eigenvalue weighted by molar-refractivity contribution is -0.139. The number of hydrogen-bond acceptors (Lipinski definition) is 4. The van der Waals surface area contributed by atoms with Crippen LogP contribution in [0.1, 0.15) is 20.3 Å². The minimum absolute atomic E-state index is 0.157. The highest BCUT2D eigenvalue weighted by Crippen LogP contribution is 2.01. The van der Waals surface area contributed by atoms with Crippen molar-refractivity contribution in [2.75, 3.05) is 19.7 Å². The molecule has 16 heavy (non-hydrogen) atoms. The van der Waals surface area contributed by atoms with Crippen molar-refractivity contribution in [2.45, 2.75) is 26.3 Å². The number of carboxylic acids is 1. The van der Waals surface area contributed by atoms with E-state index in [1.807, 2.05) is 4.72 Å². The predicted molar refractivity (Wildman–Crippen MR) is 58.1 cm³/mol. The first-order valence-electron chi connectivity index (χ1n) is 5.00. The molecule has 0 aromatic heterocycles. The molecule has 0 saturated carbocycles. The number of hydrogen-bond donors (Lipinski definition) is 3. The Labute approximate surface area is 95.2 Å². The van der Waals surface area contributed by atoms with Crippen molar-refractivity contribution < 1.29 is 23.4 Å². The molecular weight excluding hydrogens is 236 g/mol. The smallest absolute Gasteiger partial charge is 0.321 e. The topological polar surface area (TPSA) is 107 Å². The van der Waals surface area contributed by atoms with Gasteiger partial charge in [-0.25, -0.2) is 0 Å². The summed E-state index contributed by atoms with van der Waals surface area (Å²) in [7, 11) is -3.80. The Balaban J connectivity index is 4.71. The molecule has 8 heteroatoms. The first-order valence-corrected chi connectivity index (χ1v) is 6.44. The Morgan fingerprint density at radius 3 is 2.19 bits per heavy atom. The van der Waals surface area contributed by atoms with E-state index in [9.17, 15) is 13.2 Å². The van der Waals surface area contributed by atoms with E-state index in [1.165, 1.54) is 0 Å². The van der Waals surface area contributed by atoms with Gasteiger partial charge in [-0.2, -0.15) is 17.4 Å². The van der Waals surface area contributed by atoms with Gasteiger partial charge in [-0.1, -0.05) is 13.8 Å². The van der Waals surface area contributed by atoms with E-state index in [0.717, 1.165) is 4.31 Å². The summed E-state index contributed by atoms with van der Waals surface area (Å²) in [5, 5.41) is 17.4. The van der Waals surface area contributed by atoms with Crippen LogP contribution < -0.4 is 4.72 Å². The molecule has 0 heterocycles. The number of carboxylic acid groups (broad SMARTS) is 1. The van der Waals surface area contributed by atoms with Gasteiger partial charge in [0.15, 0.2) is 0 Å². The van der Waals surface area contributed by atoms with Crippen LogP contribution in [-0.2, 0) is 15.0 Å². The Bertz CT molecular complexity index is 312. The molecule has 0 rings (SSSR count). The summed E-state index contributed by atoms with van der Waals surface area (Å²) in [5.74, 6) is -1.30. The summed E-state index contributed by atoms with van der Waals surface area (Å²) in [6.07, 6.45) is -0.157. The third-order valence-electron chi connectivity index (χ3n) is 2.05. The number of rotatable bonds is 8. The third kappa shape index (κ3) is 4.44. The summed E-state index contributed by atoms with van der Waals surface area (Å²) in [6, 6.07) is -1.30. The predicted octanol–water partition coefficient (Wildman–Crippen LogP) is -1.00. The molecule has 0 aliphatic rings. The van der Waals surface area contributed by atoms with Crippen molar-refractivity contribution in [1.82, 2.24) is 9.03 Å². The van der Waals surface area contributed by atoms with Crippen LogP contribution in [0.3, 0.4) is 0 Å². The summed E-state index contributed by atoms with van der Waals surface area (Å²) >= 11 is 0. The minimum Gasteiger partial charge on any atom is -0.480 e. The zero-order chi connectivity index (χ0) is 12.8. The third-order valence-corrected chi connectivity index (χ3v) is 3.83. The van der Waals surface area contributed by atoms with Crippen molar-refractivity contribution in [2.24, 2.45) is 0 Å². The molecule has 0 fully saturated rings. The van der Waals surface area contributed by atoms with Crippen molar-refractivity contribution in [3.8, 4) is 0 Å². The number of carbonyl (C=O) groups is 1. The molecule has 96 valence electrons. The zero-order valence-corrected chi connectivity index (χ0v) is 10.2. The zero-order valence-electron chi connectivity index (χ0n) is 9.38. The van der Waals surface area contributed by atoms with E-state index in [4.69, 9.17) is 10.2 Å². The van der Waals surface area contributed by atoms with Crippen LogP contribution in [0.2, 0.25) is 0 Å². The maximum Gasteiger partial charge on any atom is 0.321 e. The highest BCUT2D eigenvalue weighted by molar-refractivity contribution is 7.87. The van der Waals surface area contributed by atoms with E-state index in [-0.39, 0.29) is 19.5 Å². The fourth-order valence-electron chi connectivity index (χ4n) is 1.18. The highest BCUT2D eigenvalue weighted by Gasteiger charge is 2.26. The Morgan fingerprint density at radius 1 is 1.38 bits per heavy atom. The number of aliphatic hydroxyl groups excluding tert-OH is 1. The maximum atomic E-state index is 11.7. The lowest BCUT2D eigenvalue weighted by atomic mass is 10.2. The van der Waals surface area contributed by atoms with E-state index in [1.54, 1.807) is 13.8 Å². The van der Waals surface area contributed by atoms with E-state index >= 15 is 0 Å². The first-order chi connectivity index (χ1) is 7.38. The molecule has 1 atom stereocenters. The van der Waals surface area contributed by atoms with Gasteiger partial charge in [-0.05, 0) is 6.42 Å². The Kier molecular flexibility index (Phi) is 6.49. The van der Waals surface area contributed by atoms with Gasteiger partial charge in [-0.3, -0.25) is 4.79 Å². The fraction of sp³-hybridized carbons (Fsp3) is 0.875. The number of nitrogens with zero attached hydrogens (tertiary/aromatic N) is 1. The fourth-order valence-corrected chi connectivity index (χ4v) is 2.59. The molecule has 1 unspecified atom stereocenters. The van der Waals surface area contributed by atoms with Crippen molar-refractivity contribution in [3.05, 3.63) is 0 Å². The molecule has 0 aliphatic carbocycles. The molecule has 0 bridgehead atoms. The van der Waals surface area contributed by atoms with Gasteiger partial charge in [0.05, 0.1) is 0 Å². The molecule has 0 saturated heterocycles. The molecule has 0 radical (unpaired) electrons. The molecule has 0 aliphatic heterocycles. The van der Waals surface area contributed by atoms with Gasteiger partial charge >= 0.3 is 5.97 Å². The highest BCUT2D eigenvalue weighted by atomic mass is 32.2. The molecule has 3 N–H and O–H groups in total. The Morgan fingerprint density at radius 2 is 1.88 bits per heavy atom. The van der Waals surface area contributed by atoms with Crippen molar-refractivity contribution in [3.63, 3.8) is 0 Å². The van der Waals surface area contributed by atoms with Gasteiger partial charge in [0.25, 0.3) is 10.2 Å². The van der Waals surface area contributed by atoms with Gasteiger partial charge in [0.2, 0.25) is 0 Å². The monoisotopic (exact) mass is 254 g/mol. The molecule has 0 amide bonds. The normalized spacial score (nSPS) is 14.0. The standard InChI is InChI=1S/C8H18N2O5S/c1-3-10(4-2)16(14,15)9-7(5-6-11)8(12)13/h7,9,11H,3-6H2,1-2H3,(H,12,13). The van der Waals surface area contributed by atoms with Gasteiger partial charge in [0, 0.05) is 19.7 Å². The second-order valence-corrected chi connectivity index (χ2v) is 4.81. The van der Waals surface area contributed by atoms with Gasteiger partial charge in [-0.15, -0.1) is 0 Å². The van der Waals surface area contributed by atoms with Crippen LogP contribution in [0.25, 0.3) is 0 Å². The number of nitrogens with one attached hydrogen (secondary N) is 1. The average molecular weight is 254 g/mol. The maximum absolute atomic E-state index is 11.7. The van der Waals surface area contributed by atoms with E-state index in [0.29, 0.717) is 0 Å². The van der Waals surface area contributed by atoms with Crippen molar-refractivity contribution in [1.29, 1.82) is 0 Å². The van der Waals surface area contributed by atoms with E-state index in [2.05, 4.69) is 0 Å². The lowest BCUT2D eigenvalue weighted by Gasteiger charge is -2.21. The van der Waals surface area contributed by atoms with Crippen LogP contribution in [0, 0.1) is 0 Å². The second kappa shape index (κ2) is 6.79. The van der Waals surface area contributed by atoms with Crippen LogP contribution >= 0.6 is 0 Å². The van der Waals surface area contributed by atoms with Crippen molar-refractivity contribution >= 4 is 16.2 Å². The summed E-state index contributed by atoms with van der Waals surface area (Å²) in [6.45, 7) is 3.45. The molecule has 0 aromatic carbocycles. The number of aliphatic carboxylic acids is 1. The van der Waals surface area contributed by atoms with Crippen LogP contribution in [-0.4, -0.2) is 54.6 Å². The largest absolute Gasteiger partial charge is 0.480 e. The van der Waals surface area contributed by atoms with Crippen LogP contribution in [0.5, 0.6) is 0 Å². The van der Waals surface area contributed by atoms with E-state index < -0.39 is 28.8 Å². The minimum atomic E-state index is -3.80. The van der Waals surface area contributed by atoms with Gasteiger partial charge in [0.1, 0.15) is 6.04 Å². The summed E-state index contributed by atoms with van der Waals surface area (Å²) < 4.78 is 26.5. The first kappa shape index (κ1) is 15.3. The second-order valence-electron chi connectivity index (χ2n) is 3.11. The molecule has 7 nitrogen and oxygen atoms in total. The van der Waals surface area contributed by atoms with Crippen LogP contribution in [0.15, 0.2) is 0 Å². The molecule has 0 aromatic rings. The Hall–Kier alpha value is -0.700. The molecule has 0 spiro atoms. The quantitative estimate of drug-likeness (QED) is 0.515. The SMILES string of the molecule is CCN(CC)S(=O)(=O)NC(CCO)C(=O)O. The summed E-state index contributed by atoms with van der Waals surface area (Å²) in [5.41, 5.74) is 0. The van der Waals surface area contributed by atoms with Crippen LogP contribution in [0.4, 0.5) is 0 Å². The number of aliphatic hydroxyl groups is 1. The summed E-state index contributed by atoms with van der Waals surface area (Å²) in [4.78, 5) is 10.7. The molecular formula is C8H18N2O5S. The van der Waals surface area contributed by atoms with Gasteiger partial charge < -0.3 is 10.2 Å². The average Bonchev–Trinajstić information content (AvgIpc) is 2.18.